The van der Waals surface area contributed by atoms with E-state index in [1.165, 1.54) is 32.4 Å². The highest BCUT2D eigenvalue weighted by Crippen LogP contribution is 2.50. The Morgan fingerprint density at radius 3 is 2.56 bits per heavy atom. The van der Waals surface area contributed by atoms with Crippen LogP contribution in [0.15, 0.2) is 0 Å². The second-order valence-electron chi connectivity index (χ2n) is 3.73. The number of rotatable bonds is 0. The molecule has 0 radical (unpaired) electrons. The van der Waals surface area contributed by atoms with E-state index in [2.05, 4.69) is 12.2 Å². The van der Waals surface area contributed by atoms with Crippen molar-refractivity contribution in [3.8, 4) is 0 Å². The molecule has 1 saturated heterocycles. The Kier molecular flexibility index (Phi) is 1.10. The van der Waals surface area contributed by atoms with Gasteiger partial charge in [0.1, 0.15) is 0 Å². The summed E-state index contributed by atoms with van der Waals surface area (Å²) in [5.74, 6) is 1.01. The first-order valence-electron chi connectivity index (χ1n) is 4.04. The minimum absolute atomic E-state index is 0.764. The first kappa shape index (κ1) is 5.72. The van der Waals surface area contributed by atoms with E-state index in [4.69, 9.17) is 0 Å². The molecule has 2 aliphatic rings. The highest BCUT2D eigenvalue weighted by atomic mass is 14.9. The second kappa shape index (κ2) is 1.72. The third-order valence-corrected chi connectivity index (χ3v) is 3.40. The van der Waals surface area contributed by atoms with Crippen molar-refractivity contribution in [2.75, 3.05) is 13.1 Å². The maximum atomic E-state index is 3.45. The van der Waals surface area contributed by atoms with Gasteiger partial charge < -0.3 is 5.32 Å². The van der Waals surface area contributed by atoms with Crippen LogP contribution in [-0.4, -0.2) is 13.1 Å². The molecule has 1 heteroatoms. The summed E-state index contributed by atoms with van der Waals surface area (Å²) < 4.78 is 0. The van der Waals surface area contributed by atoms with E-state index in [1.807, 2.05) is 0 Å². The van der Waals surface area contributed by atoms with E-state index >= 15 is 0 Å². The van der Waals surface area contributed by atoms with Crippen LogP contribution in [0.4, 0.5) is 0 Å². The molecular weight excluding hydrogens is 110 g/mol. The minimum atomic E-state index is 0.764. The van der Waals surface area contributed by atoms with Crippen molar-refractivity contribution >= 4 is 0 Å². The highest BCUT2D eigenvalue weighted by molar-refractivity contribution is 4.98. The Hall–Kier alpha value is -0.0400. The van der Waals surface area contributed by atoms with Gasteiger partial charge in [0.25, 0.3) is 0 Å². The van der Waals surface area contributed by atoms with Crippen LogP contribution in [0.2, 0.25) is 0 Å². The van der Waals surface area contributed by atoms with Gasteiger partial charge in [-0.25, -0.2) is 0 Å². The molecule has 9 heavy (non-hydrogen) atoms. The van der Waals surface area contributed by atoms with Crippen LogP contribution in [0, 0.1) is 11.3 Å². The molecule has 0 amide bonds. The lowest BCUT2D eigenvalue weighted by Crippen LogP contribution is -2.39. The molecule has 1 spiro atoms. The first-order valence-corrected chi connectivity index (χ1v) is 4.04. The normalized spacial score (nSPS) is 49.7. The molecule has 0 aromatic heterocycles. The van der Waals surface area contributed by atoms with Gasteiger partial charge >= 0.3 is 0 Å². The highest BCUT2D eigenvalue weighted by Gasteiger charge is 2.45. The zero-order chi connectivity index (χ0) is 6.32. The zero-order valence-corrected chi connectivity index (χ0v) is 6.11. The molecule has 52 valence electrons. The Labute approximate surface area is 56.8 Å². The second-order valence-corrected chi connectivity index (χ2v) is 3.73. The summed E-state index contributed by atoms with van der Waals surface area (Å²) in [7, 11) is 0. The maximum absolute atomic E-state index is 3.45. The lowest BCUT2D eigenvalue weighted by atomic mass is 9.60. The van der Waals surface area contributed by atoms with Gasteiger partial charge in [-0.1, -0.05) is 6.92 Å². The molecule has 1 aliphatic carbocycles. The fourth-order valence-electron chi connectivity index (χ4n) is 2.24. The van der Waals surface area contributed by atoms with Gasteiger partial charge in [-0.3, -0.25) is 0 Å². The van der Waals surface area contributed by atoms with Gasteiger partial charge in [-0.05, 0) is 37.1 Å². The van der Waals surface area contributed by atoms with Crippen LogP contribution >= 0.6 is 0 Å². The molecule has 1 N–H and O–H groups in total. The van der Waals surface area contributed by atoms with Gasteiger partial charge in [0.15, 0.2) is 0 Å². The number of hydrogen-bond acceptors (Lipinski definition) is 1. The van der Waals surface area contributed by atoms with Crippen LogP contribution in [-0.2, 0) is 0 Å². The molecule has 1 heterocycles. The van der Waals surface area contributed by atoms with Crippen LogP contribution in [0.5, 0.6) is 0 Å². The molecule has 1 aliphatic heterocycles. The third kappa shape index (κ3) is 0.644. The van der Waals surface area contributed by atoms with Crippen molar-refractivity contribution in [3.63, 3.8) is 0 Å². The van der Waals surface area contributed by atoms with Crippen molar-refractivity contribution in [2.24, 2.45) is 11.3 Å². The van der Waals surface area contributed by atoms with Crippen LogP contribution in [0.25, 0.3) is 0 Å². The SMILES string of the molecule is CC1CCC12CCNC2. The minimum Gasteiger partial charge on any atom is -0.316 e. The van der Waals surface area contributed by atoms with E-state index in [0.717, 1.165) is 11.3 Å². The van der Waals surface area contributed by atoms with E-state index in [0.29, 0.717) is 0 Å². The molecular formula is C8H15N. The molecule has 2 rings (SSSR count). The van der Waals surface area contributed by atoms with E-state index < -0.39 is 0 Å². The number of nitrogens with one attached hydrogen (secondary N) is 1. The van der Waals surface area contributed by atoms with E-state index in [9.17, 15) is 0 Å². The third-order valence-electron chi connectivity index (χ3n) is 3.40. The summed E-state index contributed by atoms with van der Waals surface area (Å²) in [4.78, 5) is 0. The van der Waals surface area contributed by atoms with Crippen LogP contribution in [0.1, 0.15) is 26.2 Å². The summed E-state index contributed by atoms with van der Waals surface area (Å²) in [5, 5.41) is 3.45. The van der Waals surface area contributed by atoms with Crippen molar-refractivity contribution in [2.45, 2.75) is 26.2 Å². The average Bonchev–Trinajstić information content (AvgIpc) is 2.34. The topological polar surface area (TPSA) is 12.0 Å². The standard InChI is InChI=1S/C8H15N/c1-7-2-3-8(7)4-5-9-6-8/h7,9H,2-6H2,1H3. The maximum Gasteiger partial charge on any atom is 0.00108 e. The van der Waals surface area contributed by atoms with Gasteiger partial charge in [0, 0.05) is 6.54 Å². The Balaban J connectivity index is 2.06. The molecule has 0 bridgehead atoms. The van der Waals surface area contributed by atoms with E-state index in [-0.39, 0.29) is 0 Å². The monoisotopic (exact) mass is 125 g/mol. The predicted octanol–water partition coefficient (Wildman–Crippen LogP) is 1.40. The van der Waals surface area contributed by atoms with Crippen molar-refractivity contribution in [3.05, 3.63) is 0 Å². The lowest BCUT2D eigenvalue weighted by molar-refractivity contribution is 0.0676. The van der Waals surface area contributed by atoms with Gasteiger partial charge in [-0.15, -0.1) is 0 Å². The Morgan fingerprint density at radius 2 is 2.33 bits per heavy atom. The molecule has 1 nitrogen and oxygen atoms in total. The molecule has 0 aromatic rings. The quantitative estimate of drug-likeness (QED) is 0.516. The van der Waals surface area contributed by atoms with Crippen LogP contribution in [0.3, 0.4) is 0 Å². The van der Waals surface area contributed by atoms with E-state index in [1.54, 1.807) is 0 Å². The molecule has 2 fully saturated rings. The number of hydrogen-bond donors (Lipinski definition) is 1. The predicted molar refractivity (Wildman–Crippen MR) is 38.3 cm³/mol. The van der Waals surface area contributed by atoms with Crippen molar-refractivity contribution in [1.82, 2.24) is 5.32 Å². The average molecular weight is 125 g/mol. The van der Waals surface area contributed by atoms with Crippen LogP contribution < -0.4 is 5.32 Å². The molecule has 0 aromatic carbocycles. The molecule has 2 unspecified atom stereocenters. The molecule has 1 saturated carbocycles. The lowest BCUT2D eigenvalue weighted by Gasteiger charge is -2.44. The summed E-state index contributed by atoms with van der Waals surface area (Å²) >= 11 is 0. The summed E-state index contributed by atoms with van der Waals surface area (Å²) in [6.07, 6.45) is 4.40. The summed E-state index contributed by atoms with van der Waals surface area (Å²) in [5.41, 5.74) is 0.764. The largest absolute Gasteiger partial charge is 0.316 e. The van der Waals surface area contributed by atoms with Gasteiger partial charge in [0.05, 0.1) is 0 Å². The smallest absolute Gasteiger partial charge is 0.00108 e. The summed E-state index contributed by atoms with van der Waals surface area (Å²) in [6.45, 7) is 4.97. The van der Waals surface area contributed by atoms with Gasteiger partial charge in [0.2, 0.25) is 0 Å². The summed E-state index contributed by atoms with van der Waals surface area (Å²) in [6, 6.07) is 0. The van der Waals surface area contributed by atoms with Crippen molar-refractivity contribution in [1.29, 1.82) is 0 Å². The zero-order valence-electron chi connectivity index (χ0n) is 6.11. The molecule has 2 atom stereocenters. The first-order chi connectivity index (χ1) is 4.33. The fraction of sp³-hybridized carbons (Fsp3) is 1.00. The Morgan fingerprint density at radius 1 is 1.44 bits per heavy atom. The van der Waals surface area contributed by atoms with Gasteiger partial charge in [-0.2, -0.15) is 0 Å². The Bertz CT molecular complexity index is 114. The van der Waals surface area contributed by atoms with Crippen molar-refractivity contribution < 1.29 is 0 Å². The fourth-order valence-corrected chi connectivity index (χ4v) is 2.24.